The van der Waals surface area contributed by atoms with Gasteiger partial charge >= 0.3 is 24.2 Å². The number of hydrogen-bond donors (Lipinski definition) is 2. The average molecular weight is 551 g/mol. The van der Waals surface area contributed by atoms with Crippen molar-refractivity contribution in [2.45, 2.75) is 44.9 Å². The molecule has 0 bridgehead atoms. The van der Waals surface area contributed by atoms with E-state index in [1.54, 1.807) is 60.7 Å². The number of benzene rings is 2. The van der Waals surface area contributed by atoms with Crippen molar-refractivity contribution in [2.24, 2.45) is 0 Å². The molecule has 0 unspecified atom stereocenters. The quantitative estimate of drug-likeness (QED) is 0.114. The van der Waals surface area contributed by atoms with Gasteiger partial charge in [0.2, 0.25) is 0 Å². The Labute approximate surface area is 228 Å². The van der Waals surface area contributed by atoms with Crippen molar-refractivity contribution in [1.82, 2.24) is 12.3 Å². The number of hydrogen-bond acceptors (Lipinski definition) is 12. The lowest BCUT2D eigenvalue weighted by molar-refractivity contribution is -0.145. The van der Waals surface area contributed by atoms with Crippen molar-refractivity contribution in [2.75, 3.05) is 26.4 Å². The van der Waals surface area contributed by atoms with E-state index in [9.17, 15) is 19.2 Å². The first-order chi connectivity index (χ1) is 18.0. The molecule has 0 radical (unpaired) electrons. The second-order valence-corrected chi connectivity index (χ2v) is 7.74. The van der Waals surface area contributed by atoms with Gasteiger partial charge in [0, 0.05) is 12.8 Å². The van der Waals surface area contributed by atoms with Crippen LogP contribution in [0.15, 0.2) is 60.7 Å². The second-order valence-electron chi connectivity index (χ2n) is 7.74. The lowest BCUT2D eigenvalue weighted by Crippen LogP contribution is -2.16. The highest BCUT2D eigenvalue weighted by Gasteiger charge is 2.09. The van der Waals surface area contributed by atoms with Gasteiger partial charge in [-0.2, -0.15) is 0 Å². The van der Waals surface area contributed by atoms with E-state index in [1.165, 1.54) is 0 Å². The van der Waals surface area contributed by atoms with Gasteiger partial charge in [-0.25, -0.2) is 9.59 Å². The first-order valence-electron chi connectivity index (χ1n) is 12.1. The molecule has 0 aliphatic rings. The molecular weight excluding hydrogens is 512 g/mol. The van der Waals surface area contributed by atoms with Crippen LogP contribution in [-0.4, -0.2) is 50.7 Å². The van der Waals surface area contributed by atoms with E-state index in [0.717, 1.165) is 19.3 Å². The number of unbranched alkanes of at least 4 members (excludes halogenated alkanes) is 4. The molecule has 0 aliphatic heterocycles. The van der Waals surface area contributed by atoms with Crippen LogP contribution in [0.5, 0.6) is 11.5 Å². The molecule has 2 aromatic rings. The summed E-state index contributed by atoms with van der Waals surface area (Å²) in [6, 6.07) is 17.0. The highest BCUT2D eigenvalue weighted by molar-refractivity contribution is 5.69. The summed E-state index contributed by atoms with van der Waals surface area (Å²) >= 11 is 0. The fourth-order valence-electron chi connectivity index (χ4n) is 3.00. The predicted molar refractivity (Wildman–Crippen MR) is 141 cm³/mol. The highest BCUT2D eigenvalue weighted by atomic mass is 16.7. The maximum atomic E-state index is 11.7. The summed E-state index contributed by atoms with van der Waals surface area (Å²) in [7, 11) is 0. The standard InChI is InChI=1S/C27H32O10.2H3N/c28-24(32-18-20-34-26(30)36-22-12-6-4-7-13-22)16-10-2-1-3-11-17-25(29)33-19-21-35-27(31)37-23-14-8-5-9-15-23;;/h4-9,12-15H,1-3,10-11,16-21H2;2*1H3. The fourth-order valence-corrected chi connectivity index (χ4v) is 3.00. The van der Waals surface area contributed by atoms with Crippen molar-refractivity contribution < 1.29 is 47.6 Å². The molecule has 0 amide bonds. The van der Waals surface area contributed by atoms with Gasteiger partial charge in [0.15, 0.2) is 0 Å². The molecule has 2 aromatic carbocycles. The summed E-state index contributed by atoms with van der Waals surface area (Å²) < 4.78 is 29.6. The zero-order valence-electron chi connectivity index (χ0n) is 22.0. The minimum atomic E-state index is -0.858. The van der Waals surface area contributed by atoms with Crippen molar-refractivity contribution in [3.05, 3.63) is 60.7 Å². The second kappa shape index (κ2) is 21.9. The largest absolute Gasteiger partial charge is 0.513 e. The molecule has 6 N–H and O–H groups in total. The minimum Gasteiger partial charge on any atom is -0.462 e. The van der Waals surface area contributed by atoms with Crippen LogP contribution >= 0.6 is 0 Å². The Hall–Kier alpha value is -4.16. The molecule has 0 spiro atoms. The first kappa shape index (κ1) is 34.8. The summed E-state index contributed by atoms with van der Waals surface area (Å²) in [5.74, 6) is 0.0145. The van der Waals surface area contributed by atoms with Gasteiger partial charge in [-0.15, -0.1) is 0 Å². The summed E-state index contributed by atoms with van der Waals surface area (Å²) in [5, 5.41) is 0. The topological polar surface area (TPSA) is 194 Å². The molecule has 2 rings (SSSR count). The molecular formula is C27H38N2O10. The Morgan fingerprint density at radius 3 is 1.18 bits per heavy atom. The lowest BCUT2D eigenvalue weighted by Gasteiger charge is -2.07. The van der Waals surface area contributed by atoms with Crippen LogP contribution in [0.1, 0.15) is 44.9 Å². The molecule has 0 atom stereocenters. The van der Waals surface area contributed by atoms with Gasteiger partial charge in [0.05, 0.1) is 0 Å². The van der Waals surface area contributed by atoms with E-state index in [2.05, 4.69) is 0 Å². The molecule has 216 valence electrons. The van der Waals surface area contributed by atoms with Crippen molar-refractivity contribution in [3.63, 3.8) is 0 Å². The van der Waals surface area contributed by atoms with Crippen LogP contribution in [0.25, 0.3) is 0 Å². The van der Waals surface area contributed by atoms with E-state index in [0.29, 0.717) is 24.3 Å². The SMILES string of the molecule is N.N.O=C(CCCCCCCC(=O)OCCOC(=O)Oc1ccccc1)OCCOC(=O)Oc1ccccc1. The number of carbonyl (C=O) groups excluding carboxylic acids is 4. The normalized spacial score (nSPS) is 9.64. The molecule has 0 saturated carbocycles. The molecule has 0 aliphatic carbocycles. The lowest BCUT2D eigenvalue weighted by atomic mass is 10.1. The van der Waals surface area contributed by atoms with E-state index in [1.807, 2.05) is 0 Å². The van der Waals surface area contributed by atoms with Gasteiger partial charge < -0.3 is 40.7 Å². The van der Waals surface area contributed by atoms with Crippen LogP contribution < -0.4 is 21.8 Å². The van der Waals surface area contributed by atoms with Gasteiger partial charge in [0.25, 0.3) is 0 Å². The number of ether oxygens (including phenoxy) is 6. The summed E-state index contributed by atoms with van der Waals surface area (Å²) in [6.45, 7) is -0.247. The Balaban J connectivity index is 0.00000722. The minimum absolute atomic E-state index is 0. The predicted octanol–water partition coefficient (Wildman–Crippen LogP) is 5.56. The Morgan fingerprint density at radius 2 is 0.795 bits per heavy atom. The average Bonchev–Trinajstić information content (AvgIpc) is 2.90. The van der Waals surface area contributed by atoms with Crippen LogP contribution in [-0.2, 0) is 28.5 Å². The number of esters is 2. The van der Waals surface area contributed by atoms with Crippen molar-refractivity contribution in [3.8, 4) is 11.5 Å². The maximum absolute atomic E-state index is 11.7. The molecule has 12 heteroatoms. The number of rotatable bonds is 16. The number of carbonyl (C=O) groups is 4. The van der Waals surface area contributed by atoms with Gasteiger partial charge in [0.1, 0.15) is 37.9 Å². The Kier molecular flexibility index (Phi) is 19.5. The van der Waals surface area contributed by atoms with E-state index >= 15 is 0 Å². The van der Waals surface area contributed by atoms with E-state index < -0.39 is 12.3 Å². The first-order valence-corrected chi connectivity index (χ1v) is 12.1. The molecule has 0 fully saturated rings. The zero-order valence-corrected chi connectivity index (χ0v) is 22.0. The molecule has 0 aromatic heterocycles. The van der Waals surface area contributed by atoms with Crippen LogP contribution in [0, 0.1) is 0 Å². The third-order valence-electron chi connectivity index (χ3n) is 4.78. The fraction of sp³-hybridized carbons (Fsp3) is 0.407. The number of para-hydroxylation sites is 2. The van der Waals surface area contributed by atoms with Gasteiger partial charge in [-0.1, -0.05) is 55.7 Å². The third-order valence-corrected chi connectivity index (χ3v) is 4.78. The molecule has 0 heterocycles. The Morgan fingerprint density at radius 1 is 0.462 bits per heavy atom. The van der Waals surface area contributed by atoms with E-state index in [4.69, 9.17) is 28.4 Å². The van der Waals surface area contributed by atoms with Crippen molar-refractivity contribution in [1.29, 1.82) is 0 Å². The molecule has 12 nitrogen and oxygen atoms in total. The maximum Gasteiger partial charge on any atom is 0.513 e. The summed E-state index contributed by atoms with van der Waals surface area (Å²) in [5.41, 5.74) is 0. The van der Waals surface area contributed by atoms with E-state index in [-0.39, 0.29) is 63.5 Å². The van der Waals surface area contributed by atoms with Gasteiger partial charge in [-0.3, -0.25) is 9.59 Å². The smallest absolute Gasteiger partial charge is 0.462 e. The Bertz CT molecular complexity index is 880. The molecule has 0 saturated heterocycles. The van der Waals surface area contributed by atoms with Crippen LogP contribution in [0.3, 0.4) is 0 Å². The zero-order chi connectivity index (χ0) is 26.6. The van der Waals surface area contributed by atoms with Crippen molar-refractivity contribution >= 4 is 24.2 Å². The summed E-state index contributed by atoms with van der Waals surface area (Å²) in [6.07, 6.45) is 2.65. The van der Waals surface area contributed by atoms with Crippen LogP contribution in [0.2, 0.25) is 0 Å². The monoisotopic (exact) mass is 550 g/mol. The summed E-state index contributed by atoms with van der Waals surface area (Å²) in [4.78, 5) is 46.5. The molecule has 39 heavy (non-hydrogen) atoms. The highest BCUT2D eigenvalue weighted by Crippen LogP contribution is 2.11. The third kappa shape index (κ3) is 17.8. The van der Waals surface area contributed by atoms with Gasteiger partial charge in [-0.05, 0) is 37.1 Å². The van der Waals surface area contributed by atoms with Crippen LogP contribution in [0.4, 0.5) is 9.59 Å².